The third kappa shape index (κ3) is 4.27. The molecule has 0 unspecified atom stereocenters. The van der Waals surface area contributed by atoms with Gasteiger partial charge in [0, 0.05) is 28.7 Å². The van der Waals surface area contributed by atoms with Gasteiger partial charge < -0.3 is 10.0 Å². The molecule has 0 radical (unpaired) electrons. The minimum absolute atomic E-state index is 0.331. The summed E-state index contributed by atoms with van der Waals surface area (Å²) in [5.74, 6) is 0.331. The lowest BCUT2D eigenvalue weighted by Crippen LogP contribution is -2.35. The van der Waals surface area contributed by atoms with E-state index in [1.165, 1.54) is 4.90 Å². The molecule has 1 saturated heterocycles. The molecule has 2 aromatic carbocycles. The summed E-state index contributed by atoms with van der Waals surface area (Å²) in [6, 6.07) is 12.7. The quantitative estimate of drug-likeness (QED) is 0.804. The Morgan fingerprint density at radius 2 is 1.92 bits per heavy atom. The van der Waals surface area contributed by atoms with Crippen molar-refractivity contribution in [3.05, 3.63) is 52.5 Å². The Hall–Kier alpha value is -1.75. The molecule has 2 aromatic rings. The van der Waals surface area contributed by atoms with Crippen LogP contribution in [0.3, 0.4) is 0 Å². The van der Waals surface area contributed by atoms with Gasteiger partial charge in [0.2, 0.25) is 0 Å². The normalized spacial score (nSPS) is 17.6. The second kappa shape index (κ2) is 7.65. The Bertz CT molecular complexity index is 762. The molecule has 1 atom stereocenters. The van der Waals surface area contributed by atoms with Gasteiger partial charge in [-0.1, -0.05) is 41.4 Å². The molecule has 3 rings (SSSR count). The highest BCUT2D eigenvalue weighted by molar-refractivity contribution is 6.35. The van der Waals surface area contributed by atoms with E-state index in [0.717, 1.165) is 30.6 Å². The topological polar surface area (TPSA) is 43.8 Å². The summed E-state index contributed by atoms with van der Waals surface area (Å²) in [4.78, 5) is 15.6. The maximum absolute atomic E-state index is 11.9. The van der Waals surface area contributed by atoms with E-state index in [-0.39, 0.29) is 0 Å². The lowest BCUT2D eigenvalue weighted by Gasteiger charge is -2.25. The van der Waals surface area contributed by atoms with Crippen molar-refractivity contribution >= 4 is 35.0 Å². The summed E-state index contributed by atoms with van der Waals surface area (Å²) >= 11 is 12.3. The van der Waals surface area contributed by atoms with Crippen LogP contribution in [0.25, 0.3) is 11.1 Å². The number of halogens is 2. The monoisotopic (exact) mass is 378 g/mol. The first-order valence-electron chi connectivity index (χ1n) is 8.18. The molecule has 0 bridgehead atoms. The molecule has 0 saturated carbocycles. The zero-order valence-electron chi connectivity index (χ0n) is 14.0. The standard InChI is InChI=1S/C19H20Cl2N2O2/c1-22-7-6-13(11-22)12-23(19(24)25)18-5-3-2-4-17(18)14-8-15(20)10-16(21)9-14/h2-5,8-10,13H,6-7,11-12H2,1H3,(H,24,25)/t13-/m1/s1. The first kappa shape index (κ1) is 18.1. The number of nitrogens with zero attached hydrogens (tertiary/aromatic N) is 2. The SMILES string of the molecule is CN1CC[C@@H](CN(C(=O)O)c2ccccc2-c2cc(Cl)cc(Cl)c2)C1. The second-order valence-electron chi connectivity index (χ2n) is 6.49. The van der Waals surface area contributed by atoms with Gasteiger partial charge in [-0.05, 0) is 55.8 Å². The van der Waals surface area contributed by atoms with Gasteiger partial charge in [-0.2, -0.15) is 0 Å². The van der Waals surface area contributed by atoms with E-state index in [1.54, 1.807) is 18.2 Å². The Kier molecular flexibility index (Phi) is 5.52. The minimum atomic E-state index is -0.949. The van der Waals surface area contributed by atoms with Crippen molar-refractivity contribution in [3.63, 3.8) is 0 Å². The molecule has 132 valence electrons. The van der Waals surface area contributed by atoms with Gasteiger partial charge in [0.15, 0.2) is 0 Å². The molecule has 1 heterocycles. The average molecular weight is 379 g/mol. The summed E-state index contributed by atoms with van der Waals surface area (Å²) in [7, 11) is 2.06. The molecule has 1 aliphatic heterocycles. The van der Waals surface area contributed by atoms with Crippen LogP contribution >= 0.6 is 23.2 Å². The predicted molar refractivity (Wildman–Crippen MR) is 103 cm³/mol. The highest BCUT2D eigenvalue weighted by Gasteiger charge is 2.26. The highest BCUT2D eigenvalue weighted by Crippen LogP contribution is 2.35. The van der Waals surface area contributed by atoms with Crippen LogP contribution in [-0.4, -0.2) is 42.8 Å². The van der Waals surface area contributed by atoms with E-state index in [4.69, 9.17) is 23.2 Å². The maximum Gasteiger partial charge on any atom is 0.411 e. The number of amides is 1. The van der Waals surface area contributed by atoms with Gasteiger partial charge in [0.1, 0.15) is 0 Å². The summed E-state index contributed by atoms with van der Waals surface area (Å²) in [5, 5.41) is 10.8. The van der Waals surface area contributed by atoms with Gasteiger partial charge in [-0.25, -0.2) is 4.79 Å². The fraction of sp³-hybridized carbons (Fsp3) is 0.316. The van der Waals surface area contributed by atoms with Gasteiger partial charge in [-0.15, -0.1) is 0 Å². The predicted octanol–water partition coefficient (Wildman–Crippen LogP) is 5.10. The van der Waals surface area contributed by atoms with E-state index in [2.05, 4.69) is 11.9 Å². The molecule has 1 N–H and O–H groups in total. The lowest BCUT2D eigenvalue weighted by molar-refractivity contribution is 0.200. The third-order valence-corrected chi connectivity index (χ3v) is 4.97. The van der Waals surface area contributed by atoms with Crippen molar-refractivity contribution in [1.82, 2.24) is 4.90 Å². The van der Waals surface area contributed by atoms with Gasteiger partial charge in [-0.3, -0.25) is 4.90 Å². The molecule has 1 amide bonds. The molecule has 6 heteroatoms. The number of anilines is 1. The Morgan fingerprint density at radius 3 is 2.52 bits per heavy atom. The van der Waals surface area contributed by atoms with Crippen molar-refractivity contribution in [2.45, 2.75) is 6.42 Å². The van der Waals surface area contributed by atoms with E-state index in [0.29, 0.717) is 28.2 Å². The molecular weight excluding hydrogens is 359 g/mol. The van der Waals surface area contributed by atoms with Gasteiger partial charge in [0.25, 0.3) is 0 Å². The van der Waals surface area contributed by atoms with Crippen LogP contribution in [-0.2, 0) is 0 Å². The molecule has 0 aliphatic carbocycles. The summed E-state index contributed by atoms with van der Waals surface area (Å²) in [6.45, 7) is 2.39. The molecule has 1 fully saturated rings. The molecule has 4 nitrogen and oxygen atoms in total. The molecule has 0 spiro atoms. The largest absolute Gasteiger partial charge is 0.465 e. The maximum atomic E-state index is 11.9. The van der Waals surface area contributed by atoms with E-state index in [9.17, 15) is 9.90 Å². The van der Waals surface area contributed by atoms with E-state index < -0.39 is 6.09 Å². The fourth-order valence-electron chi connectivity index (χ4n) is 3.38. The van der Waals surface area contributed by atoms with Crippen LogP contribution < -0.4 is 4.90 Å². The smallest absolute Gasteiger partial charge is 0.411 e. The average Bonchev–Trinajstić information content (AvgIpc) is 2.97. The molecule has 25 heavy (non-hydrogen) atoms. The number of carboxylic acid groups (broad SMARTS) is 1. The van der Waals surface area contributed by atoms with E-state index >= 15 is 0 Å². The van der Waals surface area contributed by atoms with Crippen LogP contribution in [0.5, 0.6) is 0 Å². The first-order valence-corrected chi connectivity index (χ1v) is 8.94. The zero-order valence-corrected chi connectivity index (χ0v) is 15.5. The van der Waals surface area contributed by atoms with E-state index in [1.807, 2.05) is 24.3 Å². The molecule has 0 aromatic heterocycles. The lowest BCUT2D eigenvalue weighted by atomic mass is 10.0. The van der Waals surface area contributed by atoms with Crippen molar-refractivity contribution in [2.24, 2.45) is 5.92 Å². The van der Waals surface area contributed by atoms with Crippen molar-refractivity contribution < 1.29 is 9.90 Å². The summed E-state index contributed by atoms with van der Waals surface area (Å²) < 4.78 is 0. The number of benzene rings is 2. The van der Waals surface area contributed by atoms with Crippen molar-refractivity contribution in [1.29, 1.82) is 0 Å². The number of hydrogen-bond acceptors (Lipinski definition) is 2. The number of rotatable bonds is 4. The van der Waals surface area contributed by atoms with Crippen LogP contribution in [0.1, 0.15) is 6.42 Å². The Balaban J connectivity index is 1.98. The first-order chi connectivity index (χ1) is 11.9. The number of hydrogen-bond donors (Lipinski definition) is 1. The van der Waals surface area contributed by atoms with Gasteiger partial charge >= 0.3 is 6.09 Å². The number of carbonyl (C=O) groups is 1. The Morgan fingerprint density at radius 1 is 1.24 bits per heavy atom. The third-order valence-electron chi connectivity index (χ3n) is 4.53. The summed E-state index contributed by atoms with van der Waals surface area (Å²) in [5.41, 5.74) is 2.27. The fourth-order valence-corrected chi connectivity index (χ4v) is 3.90. The summed E-state index contributed by atoms with van der Waals surface area (Å²) in [6.07, 6.45) is 0.0564. The molecule has 1 aliphatic rings. The van der Waals surface area contributed by atoms with Crippen LogP contribution in [0.15, 0.2) is 42.5 Å². The zero-order chi connectivity index (χ0) is 18.0. The second-order valence-corrected chi connectivity index (χ2v) is 7.36. The molecular formula is C19H20Cl2N2O2. The van der Waals surface area contributed by atoms with Crippen molar-refractivity contribution in [2.75, 3.05) is 31.6 Å². The number of para-hydroxylation sites is 1. The van der Waals surface area contributed by atoms with Crippen LogP contribution in [0.4, 0.5) is 10.5 Å². The Labute approximate surface area is 157 Å². The highest BCUT2D eigenvalue weighted by atomic mass is 35.5. The van der Waals surface area contributed by atoms with Crippen LogP contribution in [0, 0.1) is 5.92 Å². The minimum Gasteiger partial charge on any atom is -0.465 e. The van der Waals surface area contributed by atoms with Gasteiger partial charge in [0.05, 0.1) is 5.69 Å². The van der Waals surface area contributed by atoms with Crippen LogP contribution in [0.2, 0.25) is 10.0 Å². The number of likely N-dealkylation sites (tertiary alicyclic amines) is 1. The van der Waals surface area contributed by atoms with Crippen molar-refractivity contribution in [3.8, 4) is 11.1 Å².